The molecule has 0 aliphatic carbocycles. The maximum Gasteiger partial charge on any atom is 0.361 e. The summed E-state index contributed by atoms with van der Waals surface area (Å²) in [6.07, 6.45) is 2.96. The fourth-order valence-electron chi connectivity index (χ4n) is 1.26. The van der Waals surface area contributed by atoms with E-state index in [-0.39, 0.29) is 5.69 Å². The van der Waals surface area contributed by atoms with Gasteiger partial charge in [0.15, 0.2) is 17.8 Å². The highest BCUT2D eigenvalue weighted by Crippen LogP contribution is 2.29. The summed E-state index contributed by atoms with van der Waals surface area (Å²) in [5.74, 6) is -0.0440. The van der Waals surface area contributed by atoms with E-state index in [1.165, 1.54) is 17.9 Å². The van der Waals surface area contributed by atoms with Gasteiger partial charge in [0, 0.05) is 6.20 Å². The SMILES string of the molecule is CCOC(=O)c1ncoc1-c1sncc1C. The Morgan fingerprint density at radius 1 is 1.62 bits per heavy atom. The molecule has 0 aromatic carbocycles. The number of carbonyl (C=O) groups excluding carboxylic acids is 1. The van der Waals surface area contributed by atoms with E-state index < -0.39 is 5.97 Å². The van der Waals surface area contributed by atoms with Gasteiger partial charge in [-0.05, 0) is 30.9 Å². The molecule has 2 aromatic rings. The second-order valence-corrected chi connectivity index (χ2v) is 3.89. The second kappa shape index (κ2) is 4.44. The van der Waals surface area contributed by atoms with Crippen molar-refractivity contribution in [2.24, 2.45) is 0 Å². The van der Waals surface area contributed by atoms with Crippen LogP contribution in [0, 0.1) is 6.92 Å². The summed E-state index contributed by atoms with van der Waals surface area (Å²) in [5.41, 5.74) is 1.15. The van der Waals surface area contributed by atoms with Gasteiger partial charge in [-0.1, -0.05) is 0 Å². The number of esters is 1. The zero-order chi connectivity index (χ0) is 11.5. The maximum atomic E-state index is 11.6. The van der Waals surface area contributed by atoms with Crippen LogP contribution in [0.5, 0.6) is 0 Å². The van der Waals surface area contributed by atoms with Gasteiger partial charge in [0.25, 0.3) is 0 Å². The Kier molecular flexibility index (Phi) is 3.00. The third-order valence-electron chi connectivity index (χ3n) is 1.99. The van der Waals surface area contributed by atoms with Gasteiger partial charge in [0.2, 0.25) is 0 Å². The number of hydrogen-bond donors (Lipinski definition) is 0. The molecule has 6 heteroatoms. The molecule has 0 aliphatic rings. The summed E-state index contributed by atoms with van der Waals surface area (Å²) >= 11 is 1.27. The zero-order valence-electron chi connectivity index (χ0n) is 8.89. The highest BCUT2D eigenvalue weighted by atomic mass is 32.1. The summed E-state index contributed by atoms with van der Waals surface area (Å²) in [6, 6.07) is 0. The number of nitrogens with zero attached hydrogens (tertiary/aromatic N) is 2. The van der Waals surface area contributed by atoms with Crippen LogP contribution in [-0.4, -0.2) is 21.9 Å². The van der Waals surface area contributed by atoms with Crippen molar-refractivity contribution in [3.05, 3.63) is 23.8 Å². The number of carbonyl (C=O) groups is 1. The van der Waals surface area contributed by atoms with Crippen molar-refractivity contribution in [3.8, 4) is 10.6 Å². The first-order valence-corrected chi connectivity index (χ1v) is 5.53. The van der Waals surface area contributed by atoms with Gasteiger partial charge in [-0.2, -0.15) is 0 Å². The minimum atomic E-state index is -0.473. The number of aryl methyl sites for hydroxylation is 1. The number of hydrogen-bond acceptors (Lipinski definition) is 6. The average Bonchev–Trinajstić information content (AvgIpc) is 2.85. The Bertz CT molecular complexity index is 504. The minimum absolute atomic E-state index is 0.203. The Hall–Kier alpha value is -1.69. The topological polar surface area (TPSA) is 65.2 Å². The fourth-order valence-corrected chi connectivity index (χ4v) is 2.00. The van der Waals surface area contributed by atoms with Crippen molar-refractivity contribution >= 4 is 17.5 Å². The lowest BCUT2D eigenvalue weighted by molar-refractivity contribution is 0.0520. The van der Waals surface area contributed by atoms with E-state index in [0.717, 1.165) is 10.4 Å². The van der Waals surface area contributed by atoms with Crippen molar-refractivity contribution in [2.75, 3.05) is 6.61 Å². The monoisotopic (exact) mass is 238 g/mol. The van der Waals surface area contributed by atoms with Gasteiger partial charge in [0.05, 0.1) is 11.5 Å². The lowest BCUT2D eigenvalue weighted by Gasteiger charge is -1.99. The molecule has 0 bridgehead atoms. The third kappa shape index (κ3) is 1.83. The first-order chi connectivity index (χ1) is 7.74. The van der Waals surface area contributed by atoms with E-state index in [1.807, 2.05) is 6.92 Å². The molecule has 16 heavy (non-hydrogen) atoms. The second-order valence-electron chi connectivity index (χ2n) is 3.09. The van der Waals surface area contributed by atoms with Crippen LogP contribution in [0.15, 0.2) is 17.0 Å². The standard InChI is InChI=1S/C10H10N2O3S/c1-3-14-10(13)7-8(15-5-11-7)9-6(2)4-12-16-9/h4-5H,3H2,1-2H3. The highest BCUT2D eigenvalue weighted by Gasteiger charge is 2.21. The summed E-state index contributed by atoms with van der Waals surface area (Å²) in [4.78, 5) is 16.2. The van der Waals surface area contributed by atoms with Gasteiger partial charge < -0.3 is 9.15 Å². The molecular weight excluding hydrogens is 228 g/mol. The molecule has 0 atom stereocenters. The van der Waals surface area contributed by atoms with Crippen molar-refractivity contribution in [3.63, 3.8) is 0 Å². The van der Waals surface area contributed by atoms with E-state index in [0.29, 0.717) is 12.4 Å². The minimum Gasteiger partial charge on any atom is -0.461 e. The third-order valence-corrected chi connectivity index (χ3v) is 2.89. The maximum absolute atomic E-state index is 11.6. The van der Waals surface area contributed by atoms with Crippen molar-refractivity contribution in [1.29, 1.82) is 0 Å². The first-order valence-electron chi connectivity index (χ1n) is 4.76. The highest BCUT2D eigenvalue weighted by molar-refractivity contribution is 7.09. The number of aromatic nitrogens is 2. The van der Waals surface area contributed by atoms with Crippen molar-refractivity contribution in [2.45, 2.75) is 13.8 Å². The summed E-state index contributed by atoms with van der Waals surface area (Å²) in [6.45, 7) is 3.96. The van der Waals surface area contributed by atoms with Crippen molar-refractivity contribution < 1.29 is 13.9 Å². The Morgan fingerprint density at radius 2 is 2.44 bits per heavy atom. The molecule has 0 fully saturated rings. The van der Waals surface area contributed by atoms with Crippen LogP contribution < -0.4 is 0 Å². The molecule has 84 valence electrons. The normalized spacial score (nSPS) is 10.4. The molecule has 0 amide bonds. The molecule has 0 N–H and O–H groups in total. The number of rotatable bonds is 3. The van der Waals surface area contributed by atoms with Crippen LogP contribution >= 0.6 is 11.5 Å². The van der Waals surface area contributed by atoms with Crippen LogP contribution in [0.4, 0.5) is 0 Å². The number of ether oxygens (including phenoxy) is 1. The molecule has 0 saturated heterocycles. The molecule has 5 nitrogen and oxygen atoms in total. The van der Waals surface area contributed by atoms with Gasteiger partial charge in [-0.3, -0.25) is 0 Å². The summed E-state index contributed by atoms with van der Waals surface area (Å²) < 4.78 is 14.1. The molecule has 2 aromatic heterocycles. The molecular formula is C10H10N2O3S. The smallest absolute Gasteiger partial charge is 0.361 e. The molecule has 2 heterocycles. The molecule has 0 aliphatic heterocycles. The van der Waals surface area contributed by atoms with Crippen LogP contribution in [0.25, 0.3) is 10.6 Å². The van der Waals surface area contributed by atoms with E-state index in [2.05, 4.69) is 9.36 Å². The molecule has 0 unspecified atom stereocenters. The van der Waals surface area contributed by atoms with Crippen LogP contribution in [0.3, 0.4) is 0 Å². The molecule has 0 saturated carbocycles. The van der Waals surface area contributed by atoms with Gasteiger partial charge >= 0.3 is 5.97 Å². The lowest BCUT2D eigenvalue weighted by atomic mass is 10.2. The fraction of sp³-hybridized carbons (Fsp3) is 0.300. The zero-order valence-corrected chi connectivity index (χ0v) is 9.71. The molecule has 0 radical (unpaired) electrons. The van der Waals surface area contributed by atoms with Gasteiger partial charge in [-0.25, -0.2) is 14.2 Å². The lowest BCUT2D eigenvalue weighted by Crippen LogP contribution is -2.06. The van der Waals surface area contributed by atoms with Gasteiger partial charge in [0.1, 0.15) is 0 Å². The summed E-state index contributed by atoms with van der Waals surface area (Å²) in [5, 5.41) is 0. The van der Waals surface area contributed by atoms with E-state index in [1.54, 1.807) is 13.1 Å². The Labute approximate surface area is 96.2 Å². The van der Waals surface area contributed by atoms with Crippen molar-refractivity contribution in [1.82, 2.24) is 9.36 Å². The predicted molar refractivity (Wildman–Crippen MR) is 58.3 cm³/mol. The summed E-state index contributed by atoms with van der Waals surface area (Å²) in [7, 11) is 0. The average molecular weight is 238 g/mol. The van der Waals surface area contributed by atoms with Gasteiger partial charge in [-0.15, -0.1) is 0 Å². The first kappa shape index (κ1) is 10.8. The Morgan fingerprint density at radius 3 is 3.06 bits per heavy atom. The molecule has 2 rings (SSSR count). The Balaban J connectivity index is 2.40. The van der Waals surface area contributed by atoms with E-state index >= 15 is 0 Å². The van der Waals surface area contributed by atoms with Crippen LogP contribution in [-0.2, 0) is 4.74 Å². The largest absolute Gasteiger partial charge is 0.461 e. The van der Waals surface area contributed by atoms with Crippen LogP contribution in [0.1, 0.15) is 23.0 Å². The molecule has 0 spiro atoms. The van der Waals surface area contributed by atoms with E-state index in [4.69, 9.17) is 9.15 Å². The quantitative estimate of drug-likeness (QED) is 0.767. The van der Waals surface area contributed by atoms with E-state index in [9.17, 15) is 4.79 Å². The number of oxazole rings is 1. The van der Waals surface area contributed by atoms with Crippen LogP contribution in [0.2, 0.25) is 0 Å². The predicted octanol–water partition coefficient (Wildman–Crippen LogP) is 2.28.